The van der Waals surface area contributed by atoms with Gasteiger partial charge in [-0.1, -0.05) is 25.0 Å². The molecule has 1 N–H and O–H groups in total. The van der Waals surface area contributed by atoms with Crippen molar-refractivity contribution in [2.75, 3.05) is 13.7 Å². The summed E-state index contributed by atoms with van der Waals surface area (Å²) < 4.78 is 5.16. The minimum absolute atomic E-state index is 0.540. The summed E-state index contributed by atoms with van der Waals surface area (Å²) in [6.07, 6.45) is 5.27. The molecule has 2 heteroatoms. The molecule has 0 bridgehead atoms. The van der Waals surface area contributed by atoms with Crippen LogP contribution in [-0.2, 0) is 0 Å². The van der Waals surface area contributed by atoms with Crippen LogP contribution in [0, 0.1) is 0 Å². The Hall–Kier alpha value is -1.02. The van der Waals surface area contributed by atoms with E-state index in [1.807, 2.05) is 12.1 Å². The molecule has 2 nitrogen and oxygen atoms in total. The average Bonchev–Trinajstić information content (AvgIpc) is 2.58. The number of benzene rings is 1. The molecular weight excluding hydrogens is 186 g/mol. The van der Waals surface area contributed by atoms with Crippen LogP contribution in [0.2, 0.25) is 0 Å². The molecule has 0 radical (unpaired) electrons. The fourth-order valence-electron chi connectivity index (χ4n) is 2.15. The largest absolute Gasteiger partial charge is 0.497 e. The van der Waals surface area contributed by atoms with E-state index in [0.717, 1.165) is 12.3 Å². The molecule has 0 aliphatic carbocycles. The van der Waals surface area contributed by atoms with Crippen LogP contribution in [0.5, 0.6) is 5.75 Å². The van der Waals surface area contributed by atoms with E-state index in [-0.39, 0.29) is 0 Å². The maximum absolute atomic E-state index is 5.16. The minimum Gasteiger partial charge on any atom is -0.497 e. The smallest absolute Gasteiger partial charge is 0.118 e. The van der Waals surface area contributed by atoms with Crippen LogP contribution in [0.3, 0.4) is 0 Å². The second-order valence-electron chi connectivity index (χ2n) is 4.13. The summed E-state index contributed by atoms with van der Waals surface area (Å²) in [5, 5.41) is 3.59. The predicted octanol–water partition coefficient (Wildman–Crippen LogP) is 2.90. The third-order valence-electron chi connectivity index (χ3n) is 3.08. The first-order valence-corrected chi connectivity index (χ1v) is 5.77. The summed E-state index contributed by atoms with van der Waals surface area (Å²) in [6.45, 7) is 1.15. The van der Waals surface area contributed by atoms with Crippen molar-refractivity contribution in [1.82, 2.24) is 5.32 Å². The van der Waals surface area contributed by atoms with Gasteiger partial charge in [-0.05, 0) is 37.1 Å². The van der Waals surface area contributed by atoms with Gasteiger partial charge in [0.15, 0.2) is 0 Å². The van der Waals surface area contributed by atoms with Crippen molar-refractivity contribution in [3.63, 3.8) is 0 Å². The summed E-state index contributed by atoms with van der Waals surface area (Å²) in [6, 6.07) is 8.96. The molecule has 1 heterocycles. The van der Waals surface area contributed by atoms with E-state index in [4.69, 9.17) is 4.74 Å². The van der Waals surface area contributed by atoms with Crippen LogP contribution in [-0.4, -0.2) is 13.7 Å². The molecule has 0 saturated carbocycles. The third kappa shape index (κ3) is 2.72. The molecule has 82 valence electrons. The van der Waals surface area contributed by atoms with Gasteiger partial charge in [0, 0.05) is 6.04 Å². The highest BCUT2D eigenvalue weighted by Crippen LogP contribution is 2.24. The highest BCUT2D eigenvalue weighted by Gasteiger charge is 2.12. The molecule has 1 aromatic carbocycles. The SMILES string of the molecule is COc1ccc(C2CCCCCN2)cc1. The molecule has 0 amide bonds. The van der Waals surface area contributed by atoms with E-state index >= 15 is 0 Å². The molecule has 15 heavy (non-hydrogen) atoms. The molecule has 1 saturated heterocycles. The predicted molar refractivity (Wildman–Crippen MR) is 62.2 cm³/mol. The molecule has 1 unspecified atom stereocenters. The van der Waals surface area contributed by atoms with Gasteiger partial charge in [0.05, 0.1) is 7.11 Å². The van der Waals surface area contributed by atoms with Gasteiger partial charge < -0.3 is 10.1 Å². The number of nitrogens with one attached hydrogen (secondary N) is 1. The van der Waals surface area contributed by atoms with Gasteiger partial charge in [-0.15, -0.1) is 0 Å². The number of methoxy groups -OCH3 is 1. The third-order valence-corrected chi connectivity index (χ3v) is 3.08. The molecule has 1 aliphatic heterocycles. The van der Waals surface area contributed by atoms with Crippen molar-refractivity contribution in [3.8, 4) is 5.75 Å². The topological polar surface area (TPSA) is 21.3 Å². The summed E-state index contributed by atoms with van der Waals surface area (Å²) in [4.78, 5) is 0. The second kappa shape index (κ2) is 5.17. The lowest BCUT2D eigenvalue weighted by atomic mass is 10.0. The molecule has 1 atom stereocenters. The van der Waals surface area contributed by atoms with Crippen LogP contribution in [0.4, 0.5) is 0 Å². The molecular formula is C13H19NO. The fourth-order valence-corrected chi connectivity index (χ4v) is 2.15. The first-order valence-electron chi connectivity index (χ1n) is 5.77. The Bertz CT molecular complexity index is 286. The highest BCUT2D eigenvalue weighted by atomic mass is 16.5. The maximum Gasteiger partial charge on any atom is 0.118 e. The first kappa shape index (κ1) is 10.5. The van der Waals surface area contributed by atoms with E-state index in [1.165, 1.54) is 31.2 Å². The van der Waals surface area contributed by atoms with Crippen LogP contribution < -0.4 is 10.1 Å². The molecule has 1 aromatic rings. The monoisotopic (exact) mass is 205 g/mol. The Kier molecular flexibility index (Phi) is 3.62. The van der Waals surface area contributed by atoms with Crippen LogP contribution in [0.15, 0.2) is 24.3 Å². The zero-order chi connectivity index (χ0) is 10.5. The average molecular weight is 205 g/mol. The van der Waals surface area contributed by atoms with Crippen molar-refractivity contribution >= 4 is 0 Å². The van der Waals surface area contributed by atoms with Gasteiger partial charge in [0.2, 0.25) is 0 Å². The van der Waals surface area contributed by atoms with Gasteiger partial charge >= 0.3 is 0 Å². The molecule has 2 rings (SSSR count). The Morgan fingerprint density at radius 2 is 1.93 bits per heavy atom. The Morgan fingerprint density at radius 1 is 1.13 bits per heavy atom. The van der Waals surface area contributed by atoms with E-state index < -0.39 is 0 Å². The first-order chi connectivity index (χ1) is 7.40. The molecule has 1 fully saturated rings. The van der Waals surface area contributed by atoms with Gasteiger partial charge in [-0.3, -0.25) is 0 Å². The zero-order valence-corrected chi connectivity index (χ0v) is 9.33. The van der Waals surface area contributed by atoms with Gasteiger partial charge in [0.1, 0.15) is 5.75 Å². The van der Waals surface area contributed by atoms with Crippen molar-refractivity contribution in [2.45, 2.75) is 31.7 Å². The molecule has 1 aliphatic rings. The van der Waals surface area contributed by atoms with Crippen molar-refractivity contribution in [1.29, 1.82) is 0 Å². The number of rotatable bonds is 2. The summed E-state index contributed by atoms with van der Waals surface area (Å²) >= 11 is 0. The summed E-state index contributed by atoms with van der Waals surface area (Å²) in [5.74, 6) is 0.937. The quantitative estimate of drug-likeness (QED) is 0.801. The van der Waals surface area contributed by atoms with Gasteiger partial charge in [0.25, 0.3) is 0 Å². The number of ether oxygens (including phenoxy) is 1. The standard InChI is InChI=1S/C13H19NO/c1-15-12-8-6-11(7-9-12)13-5-3-2-4-10-14-13/h6-9,13-14H,2-5,10H2,1H3. The fraction of sp³-hybridized carbons (Fsp3) is 0.538. The van der Waals surface area contributed by atoms with Crippen molar-refractivity contribution < 1.29 is 4.74 Å². The number of hydrogen-bond acceptors (Lipinski definition) is 2. The summed E-state index contributed by atoms with van der Waals surface area (Å²) in [7, 11) is 1.71. The van der Waals surface area contributed by atoms with Gasteiger partial charge in [-0.2, -0.15) is 0 Å². The zero-order valence-electron chi connectivity index (χ0n) is 9.33. The second-order valence-corrected chi connectivity index (χ2v) is 4.13. The maximum atomic E-state index is 5.16. The minimum atomic E-state index is 0.540. The van der Waals surface area contributed by atoms with E-state index in [9.17, 15) is 0 Å². The lowest BCUT2D eigenvalue weighted by molar-refractivity contribution is 0.414. The van der Waals surface area contributed by atoms with Crippen LogP contribution in [0.25, 0.3) is 0 Å². The van der Waals surface area contributed by atoms with E-state index in [1.54, 1.807) is 7.11 Å². The molecule has 0 spiro atoms. The Labute approximate surface area is 91.6 Å². The van der Waals surface area contributed by atoms with Gasteiger partial charge in [-0.25, -0.2) is 0 Å². The molecule has 0 aromatic heterocycles. The Morgan fingerprint density at radius 3 is 2.67 bits per heavy atom. The van der Waals surface area contributed by atoms with Crippen molar-refractivity contribution in [2.24, 2.45) is 0 Å². The van der Waals surface area contributed by atoms with Crippen LogP contribution >= 0.6 is 0 Å². The lowest BCUT2D eigenvalue weighted by Crippen LogP contribution is -2.20. The van der Waals surface area contributed by atoms with Crippen LogP contribution in [0.1, 0.15) is 37.3 Å². The van der Waals surface area contributed by atoms with E-state index in [0.29, 0.717) is 6.04 Å². The normalized spacial score (nSPS) is 22.1. The lowest BCUT2D eigenvalue weighted by Gasteiger charge is -2.16. The summed E-state index contributed by atoms with van der Waals surface area (Å²) in [5.41, 5.74) is 1.39. The number of hydrogen-bond donors (Lipinski definition) is 1. The Balaban J connectivity index is 2.06. The van der Waals surface area contributed by atoms with E-state index in [2.05, 4.69) is 17.4 Å². The highest BCUT2D eigenvalue weighted by molar-refractivity contribution is 5.29. The van der Waals surface area contributed by atoms with Crippen molar-refractivity contribution in [3.05, 3.63) is 29.8 Å².